The maximum atomic E-state index is 13.1. The number of aliphatic hydroxyl groups is 1. The Kier molecular flexibility index (Phi) is 12.1. The average molecular weight is 560 g/mol. The van der Waals surface area contributed by atoms with Crippen molar-refractivity contribution in [3.05, 3.63) is 107 Å². The van der Waals surface area contributed by atoms with E-state index < -0.39 is 18.0 Å². The van der Waals surface area contributed by atoms with Gasteiger partial charge >= 0.3 is 11.9 Å². The number of hydrogen-bond donors (Lipinski definition) is 1. The van der Waals surface area contributed by atoms with Crippen molar-refractivity contribution < 1.29 is 33.6 Å². The Morgan fingerprint density at radius 1 is 1.02 bits per heavy atom. The maximum absolute atomic E-state index is 13.1. The lowest BCUT2D eigenvalue weighted by Crippen LogP contribution is -2.12. The molecule has 0 amide bonds. The Morgan fingerprint density at radius 3 is 2.49 bits per heavy atom. The molecule has 0 fully saturated rings. The van der Waals surface area contributed by atoms with E-state index in [0.717, 1.165) is 30.4 Å². The van der Waals surface area contributed by atoms with E-state index in [2.05, 4.69) is 18.5 Å². The highest BCUT2D eigenvalue weighted by Gasteiger charge is 2.21. The number of pyridine rings is 1. The van der Waals surface area contributed by atoms with Gasteiger partial charge in [0.2, 0.25) is 0 Å². The molecular weight excluding hydrogens is 522 g/mol. The number of aromatic nitrogens is 1. The minimum atomic E-state index is -0.683. The van der Waals surface area contributed by atoms with Crippen LogP contribution >= 0.6 is 0 Å². The number of allylic oxidation sites excluding steroid dienone is 2. The van der Waals surface area contributed by atoms with Crippen LogP contribution < -0.4 is 9.47 Å². The fourth-order valence-corrected chi connectivity index (χ4v) is 4.26. The first-order valence-corrected chi connectivity index (χ1v) is 13.5. The standard InChI is InChI=1S/C33H37NO7/c1-5-6-8-23(2)28(29-22-26(32(36)39-4)11-13-31(29)38-3)12-14-30(41-33(37)24-15-17-34-18-16-24)25-9-7-10-27(21-25)40-20-19-35/h7,9-13,15-18,21-22,30,35H,2,5-6,8,14,19-20H2,1,3-4H3/b28-12-/t30-/m0/s1. The summed E-state index contributed by atoms with van der Waals surface area (Å²) in [5.41, 5.74) is 3.82. The van der Waals surface area contributed by atoms with Crippen LogP contribution in [-0.2, 0) is 9.47 Å². The van der Waals surface area contributed by atoms with Crippen molar-refractivity contribution >= 4 is 17.5 Å². The van der Waals surface area contributed by atoms with Crippen LogP contribution in [0.3, 0.4) is 0 Å². The maximum Gasteiger partial charge on any atom is 0.338 e. The Morgan fingerprint density at radius 2 is 1.80 bits per heavy atom. The summed E-state index contributed by atoms with van der Waals surface area (Å²) in [7, 11) is 2.91. The molecule has 0 saturated heterocycles. The predicted octanol–water partition coefficient (Wildman–Crippen LogP) is 6.37. The quantitative estimate of drug-likeness (QED) is 0.169. The Hall–Kier alpha value is -4.43. The van der Waals surface area contributed by atoms with Gasteiger partial charge in [-0.2, -0.15) is 0 Å². The van der Waals surface area contributed by atoms with E-state index in [1.54, 1.807) is 49.6 Å². The third-order valence-corrected chi connectivity index (χ3v) is 6.42. The van der Waals surface area contributed by atoms with Gasteiger partial charge in [-0.25, -0.2) is 9.59 Å². The van der Waals surface area contributed by atoms with Gasteiger partial charge in [0.15, 0.2) is 0 Å². The van der Waals surface area contributed by atoms with E-state index in [1.165, 1.54) is 19.5 Å². The van der Waals surface area contributed by atoms with Crippen LogP contribution in [0.5, 0.6) is 11.5 Å². The highest BCUT2D eigenvalue weighted by Crippen LogP contribution is 2.36. The van der Waals surface area contributed by atoms with E-state index in [1.807, 2.05) is 18.2 Å². The van der Waals surface area contributed by atoms with Crippen LogP contribution in [0.4, 0.5) is 0 Å². The van der Waals surface area contributed by atoms with E-state index in [4.69, 9.17) is 18.9 Å². The normalized spacial score (nSPS) is 11.9. The summed E-state index contributed by atoms with van der Waals surface area (Å²) >= 11 is 0. The second kappa shape index (κ2) is 16.0. The Bertz CT molecular complexity index is 1350. The van der Waals surface area contributed by atoms with Gasteiger partial charge in [-0.05, 0) is 72.0 Å². The number of nitrogens with zero attached hydrogens (tertiary/aromatic N) is 1. The number of aliphatic hydroxyl groups excluding tert-OH is 1. The fraction of sp³-hybridized carbons (Fsp3) is 0.303. The Balaban J connectivity index is 2.07. The van der Waals surface area contributed by atoms with Crippen molar-refractivity contribution in [2.45, 2.75) is 38.7 Å². The third kappa shape index (κ3) is 8.78. The number of unbranched alkanes of at least 4 members (excludes halogenated alkanes) is 1. The molecule has 41 heavy (non-hydrogen) atoms. The molecule has 1 heterocycles. The molecule has 3 aromatic rings. The van der Waals surface area contributed by atoms with E-state index >= 15 is 0 Å². The summed E-state index contributed by atoms with van der Waals surface area (Å²) in [5, 5.41) is 9.18. The topological polar surface area (TPSA) is 104 Å². The van der Waals surface area contributed by atoms with Gasteiger partial charge in [0.1, 0.15) is 24.2 Å². The van der Waals surface area contributed by atoms with Crippen molar-refractivity contribution in [2.24, 2.45) is 0 Å². The molecule has 216 valence electrons. The van der Waals surface area contributed by atoms with E-state index in [-0.39, 0.29) is 13.2 Å². The molecule has 0 saturated carbocycles. The molecule has 0 bridgehead atoms. The van der Waals surface area contributed by atoms with Crippen LogP contribution in [-0.4, -0.2) is 49.5 Å². The first kappa shape index (κ1) is 31.1. The number of methoxy groups -OCH3 is 2. The number of hydrogen-bond acceptors (Lipinski definition) is 8. The van der Waals surface area contributed by atoms with Crippen LogP contribution in [0.1, 0.15) is 70.6 Å². The molecule has 1 atom stereocenters. The first-order chi connectivity index (χ1) is 19.9. The summed E-state index contributed by atoms with van der Waals surface area (Å²) in [5.74, 6) is 0.164. The highest BCUT2D eigenvalue weighted by molar-refractivity contribution is 5.93. The predicted molar refractivity (Wildman–Crippen MR) is 157 cm³/mol. The third-order valence-electron chi connectivity index (χ3n) is 6.42. The van der Waals surface area contributed by atoms with Crippen LogP contribution in [0, 0.1) is 0 Å². The molecule has 1 N–H and O–H groups in total. The van der Waals surface area contributed by atoms with Crippen LogP contribution in [0.25, 0.3) is 5.57 Å². The zero-order valence-corrected chi connectivity index (χ0v) is 23.8. The number of esters is 2. The monoisotopic (exact) mass is 559 g/mol. The highest BCUT2D eigenvalue weighted by atomic mass is 16.5. The van der Waals surface area contributed by atoms with Gasteiger partial charge < -0.3 is 24.1 Å². The molecule has 0 aliphatic heterocycles. The van der Waals surface area contributed by atoms with Crippen LogP contribution in [0.15, 0.2) is 85.2 Å². The molecular formula is C33H37NO7. The second-order valence-electron chi connectivity index (χ2n) is 9.24. The summed E-state index contributed by atoms with van der Waals surface area (Å²) in [6.45, 7) is 6.47. The summed E-state index contributed by atoms with van der Waals surface area (Å²) in [6.07, 6.45) is 7.29. The molecule has 0 aliphatic rings. The minimum absolute atomic E-state index is 0.122. The van der Waals surface area contributed by atoms with Crippen molar-refractivity contribution in [1.29, 1.82) is 0 Å². The number of ether oxygens (including phenoxy) is 4. The average Bonchev–Trinajstić information content (AvgIpc) is 3.02. The fourth-order valence-electron chi connectivity index (χ4n) is 4.26. The molecule has 8 nitrogen and oxygen atoms in total. The first-order valence-electron chi connectivity index (χ1n) is 13.5. The van der Waals surface area contributed by atoms with Crippen molar-refractivity contribution in [1.82, 2.24) is 4.98 Å². The number of rotatable bonds is 15. The van der Waals surface area contributed by atoms with Crippen molar-refractivity contribution in [3.8, 4) is 11.5 Å². The van der Waals surface area contributed by atoms with Gasteiger partial charge in [-0.3, -0.25) is 4.98 Å². The lowest BCUT2D eigenvalue weighted by Gasteiger charge is -2.20. The number of carbonyl (C=O) groups excluding carboxylic acids is 2. The zero-order valence-electron chi connectivity index (χ0n) is 23.8. The molecule has 0 spiro atoms. The smallest absolute Gasteiger partial charge is 0.338 e. The van der Waals surface area contributed by atoms with Gasteiger partial charge in [0.25, 0.3) is 0 Å². The van der Waals surface area contributed by atoms with E-state index in [0.29, 0.717) is 40.2 Å². The molecule has 0 radical (unpaired) electrons. The molecule has 0 unspecified atom stereocenters. The van der Waals surface area contributed by atoms with E-state index in [9.17, 15) is 14.7 Å². The van der Waals surface area contributed by atoms with Gasteiger partial charge in [-0.1, -0.05) is 38.1 Å². The minimum Gasteiger partial charge on any atom is -0.496 e. The SMILES string of the molecule is C=C(CCCC)/C(=C/C[C@H](OC(=O)c1ccncc1)c1cccc(OCCO)c1)c1cc(C(=O)OC)ccc1OC. The molecule has 2 aromatic carbocycles. The number of carbonyl (C=O) groups is 2. The second-order valence-corrected chi connectivity index (χ2v) is 9.24. The summed E-state index contributed by atoms with van der Waals surface area (Å²) in [4.78, 5) is 29.4. The molecule has 0 aliphatic carbocycles. The van der Waals surface area contributed by atoms with Gasteiger partial charge in [-0.15, -0.1) is 0 Å². The van der Waals surface area contributed by atoms with Crippen molar-refractivity contribution in [2.75, 3.05) is 27.4 Å². The largest absolute Gasteiger partial charge is 0.496 e. The Labute approximate surface area is 241 Å². The van der Waals surface area contributed by atoms with Gasteiger partial charge in [0.05, 0.1) is 32.0 Å². The molecule has 1 aromatic heterocycles. The zero-order chi connectivity index (χ0) is 29.6. The summed E-state index contributed by atoms with van der Waals surface area (Å²) < 4.78 is 22.2. The molecule has 3 rings (SSSR count). The van der Waals surface area contributed by atoms with Gasteiger partial charge in [0, 0.05) is 24.4 Å². The van der Waals surface area contributed by atoms with Crippen molar-refractivity contribution in [3.63, 3.8) is 0 Å². The number of benzene rings is 2. The summed E-state index contributed by atoms with van der Waals surface area (Å²) in [6, 6.07) is 15.5. The molecule has 8 heteroatoms. The lowest BCUT2D eigenvalue weighted by atomic mass is 9.91. The van der Waals surface area contributed by atoms with Crippen LogP contribution in [0.2, 0.25) is 0 Å². The lowest BCUT2D eigenvalue weighted by molar-refractivity contribution is 0.0302.